The Morgan fingerprint density at radius 3 is 2.71 bits per heavy atom. The molecule has 0 radical (unpaired) electrons. The molecule has 0 aliphatic heterocycles. The maximum Gasteiger partial charge on any atom is 0.0946 e. The number of rotatable bonds is 4. The second-order valence-electron chi connectivity index (χ2n) is 6.11. The van der Waals surface area contributed by atoms with Gasteiger partial charge in [0.15, 0.2) is 0 Å². The summed E-state index contributed by atoms with van der Waals surface area (Å²) in [6.07, 6.45) is 9.10. The zero-order valence-corrected chi connectivity index (χ0v) is 14.4. The van der Waals surface area contributed by atoms with Crippen LogP contribution in [0.25, 0.3) is 10.9 Å². The highest BCUT2D eigenvalue weighted by molar-refractivity contribution is 9.10. The van der Waals surface area contributed by atoms with Gasteiger partial charge in [-0.3, -0.25) is 4.99 Å². The molecule has 0 N–H and O–H groups in total. The van der Waals surface area contributed by atoms with Crippen molar-refractivity contribution < 1.29 is 0 Å². The highest BCUT2D eigenvalue weighted by atomic mass is 79.9. The molecule has 21 heavy (non-hydrogen) atoms. The number of aliphatic imine (C=N–C) groups is 1. The molecule has 2 nitrogen and oxygen atoms in total. The van der Waals surface area contributed by atoms with Gasteiger partial charge in [0.2, 0.25) is 0 Å². The highest BCUT2D eigenvalue weighted by Crippen LogP contribution is 2.30. The monoisotopic (exact) mass is 344 g/mol. The lowest BCUT2D eigenvalue weighted by atomic mass is 10.1. The summed E-state index contributed by atoms with van der Waals surface area (Å²) in [4.78, 5) is 4.65. The zero-order valence-electron chi connectivity index (χ0n) is 12.9. The number of nitrogens with zero attached hydrogens (tertiary/aromatic N) is 2. The number of unbranched alkanes of at least 4 members (excludes halogenated alkanes) is 1. The van der Waals surface area contributed by atoms with Crippen LogP contribution in [0.4, 0.5) is 0 Å². The van der Waals surface area contributed by atoms with Crippen LogP contribution in [0, 0.1) is 12.3 Å². The highest BCUT2D eigenvalue weighted by Gasteiger charge is 2.14. The van der Waals surface area contributed by atoms with Crippen molar-refractivity contribution in [3.63, 3.8) is 0 Å². The molecule has 0 spiro atoms. The molecule has 0 amide bonds. The molecule has 0 saturated heterocycles. The molecule has 110 valence electrons. The van der Waals surface area contributed by atoms with Gasteiger partial charge in [0, 0.05) is 35.6 Å². The number of fused-ring (bicyclic) bond motifs is 1. The van der Waals surface area contributed by atoms with Crippen LogP contribution >= 0.6 is 15.9 Å². The minimum Gasteiger partial charge on any atom is -0.335 e. The lowest BCUT2D eigenvalue weighted by Gasteiger charge is -2.10. The third kappa shape index (κ3) is 3.77. The lowest BCUT2D eigenvalue weighted by molar-refractivity contribution is 0.586. The Bertz CT molecular complexity index is 696. The third-order valence-electron chi connectivity index (χ3n) is 3.23. The first kappa shape index (κ1) is 15.9. The summed E-state index contributed by atoms with van der Waals surface area (Å²) in [5.41, 5.74) is 2.28. The van der Waals surface area contributed by atoms with Crippen LogP contribution in [-0.2, 0) is 6.54 Å². The van der Waals surface area contributed by atoms with Crippen molar-refractivity contribution in [1.29, 1.82) is 0 Å². The average Bonchev–Trinajstić information content (AvgIpc) is 2.69. The maximum atomic E-state index is 5.35. The van der Waals surface area contributed by atoms with E-state index in [1.54, 1.807) is 0 Å². The van der Waals surface area contributed by atoms with E-state index in [1.807, 2.05) is 6.21 Å². The Hall–Kier alpha value is -1.53. The van der Waals surface area contributed by atoms with E-state index >= 15 is 0 Å². The van der Waals surface area contributed by atoms with Crippen molar-refractivity contribution in [2.24, 2.45) is 4.99 Å². The molecule has 0 aliphatic carbocycles. The number of aromatic nitrogens is 1. The largest absolute Gasteiger partial charge is 0.335 e. The number of aryl methyl sites for hydroxylation is 1. The van der Waals surface area contributed by atoms with Crippen LogP contribution in [-0.4, -0.2) is 16.3 Å². The van der Waals surface area contributed by atoms with Crippen LogP contribution in [0.3, 0.4) is 0 Å². The van der Waals surface area contributed by atoms with Crippen molar-refractivity contribution >= 4 is 33.0 Å². The van der Waals surface area contributed by atoms with Crippen LogP contribution in [0.1, 0.15) is 39.2 Å². The van der Waals surface area contributed by atoms with Crippen LogP contribution in [0.15, 0.2) is 33.9 Å². The topological polar surface area (TPSA) is 17.3 Å². The molecule has 2 aromatic rings. The number of hydrogen-bond acceptors (Lipinski definition) is 1. The molecule has 0 unspecified atom stereocenters. The minimum atomic E-state index is -0.0773. The summed E-state index contributed by atoms with van der Waals surface area (Å²) in [6, 6.07) is 8.41. The van der Waals surface area contributed by atoms with Gasteiger partial charge < -0.3 is 4.57 Å². The number of hydrogen-bond donors (Lipinski definition) is 0. The standard InChI is InChI=1S/C18H21BrN2/c1-5-6-9-12-21-16-11-8-7-10-14(16)15(17(21)19)13-20-18(2,3)4/h1,7-8,10-11,13H,6,9,12H2,2-4H3. The third-order valence-corrected chi connectivity index (χ3v) is 4.08. The van der Waals surface area contributed by atoms with Crippen molar-refractivity contribution in [2.75, 3.05) is 0 Å². The number of halogens is 1. The van der Waals surface area contributed by atoms with E-state index in [-0.39, 0.29) is 5.54 Å². The molecular weight excluding hydrogens is 324 g/mol. The second kappa shape index (κ2) is 6.49. The summed E-state index contributed by atoms with van der Waals surface area (Å²) < 4.78 is 3.35. The molecule has 1 heterocycles. The molecule has 3 heteroatoms. The zero-order chi connectivity index (χ0) is 15.5. The van der Waals surface area contributed by atoms with Crippen LogP contribution in [0.5, 0.6) is 0 Å². The molecule has 0 saturated carbocycles. The second-order valence-corrected chi connectivity index (χ2v) is 6.86. The predicted octanol–water partition coefficient (Wildman–Crippen LogP) is 5.03. The van der Waals surface area contributed by atoms with Gasteiger partial charge in [-0.2, -0.15) is 0 Å². The van der Waals surface area contributed by atoms with Gasteiger partial charge in [-0.05, 0) is 49.2 Å². The molecule has 0 atom stereocenters. The number of para-hydroxylation sites is 1. The van der Waals surface area contributed by atoms with Gasteiger partial charge in [-0.1, -0.05) is 18.2 Å². The molecule has 0 aliphatic rings. The van der Waals surface area contributed by atoms with Gasteiger partial charge in [0.1, 0.15) is 0 Å². The Balaban J connectivity index is 2.48. The lowest BCUT2D eigenvalue weighted by Crippen LogP contribution is -2.09. The van der Waals surface area contributed by atoms with Crippen LogP contribution < -0.4 is 0 Å². The summed E-state index contributed by atoms with van der Waals surface area (Å²) >= 11 is 3.73. The van der Waals surface area contributed by atoms with E-state index in [2.05, 4.69) is 76.4 Å². The Morgan fingerprint density at radius 2 is 2.05 bits per heavy atom. The molecule has 1 aromatic carbocycles. The van der Waals surface area contributed by atoms with Crippen molar-refractivity contribution in [1.82, 2.24) is 4.57 Å². The molecular formula is C18H21BrN2. The fourth-order valence-corrected chi connectivity index (χ4v) is 2.92. The Labute approximate surface area is 135 Å². The summed E-state index contributed by atoms with van der Waals surface area (Å²) in [7, 11) is 0. The smallest absolute Gasteiger partial charge is 0.0946 e. The first-order chi connectivity index (χ1) is 9.94. The van der Waals surface area contributed by atoms with E-state index in [0.717, 1.165) is 29.6 Å². The number of benzene rings is 1. The summed E-state index contributed by atoms with van der Waals surface area (Å²) in [5.74, 6) is 2.70. The first-order valence-electron chi connectivity index (χ1n) is 7.19. The first-order valence-corrected chi connectivity index (χ1v) is 7.99. The maximum absolute atomic E-state index is 5.35. The molecule has 0 fully saturated rings. The van der Waals surface area contributed by atoms with Crippen molar-refractivity contribution in [3.05, 3.63) is 34.4 Å². The Kier molecular flexibility index (Phi) is 4.90. The van der Waals surface area contributed by atoms with E-state index in [1.165, 1.54) is 10.9 Å². The van der Waals surface area contributed by atoms with E-state index in [0.29, 0.717) is 0 Å². The molecule has 2 rings (SSSR count). The predicted molar refractivity (Wildman–Crippen MR) is 95.1 cm³/mol. The SMILES string of the molecule is C#CCCCn1c(Br)c(C=NC(C)(C)C)c2ccccc21. The summed E-state index contributed by atoms with van der Waals surface area (Å²) in [5, 5.41) is 1.22. The molecule has 1 aromatic heterocycles. The van der Waals surface area contributed by atoms with Crippen molar-refractivity contribution in [3.8, 4) is 12.3 Å². The van der Waals surface area contributed by atoms with Gasteiger partial charge in [-0.15, -0.1) is 12.3 Å². The van der Waals surface area contributed by atoms with Gasteiger partial charge >= 0.3 is 0 Å². The fraction of sp³-hybridized carbons (Fsp3) is 0.389. The average molecular weight is 345 g/mol. The van der Waals surface area contributed by atoms with E-state index in [9.17, 15) is 0 Å². The van der Waals surface area contributed by atoms with Gasteiger partial charge in [0.05, 0.1) is 10.1 Å². The van der Waals surface area contributed by atoms with Gasteiger partial charge in [-0.25, -0.2) is 0 Å². The Morgan fingerprint density at radius 1 is 1.33 bits per heavy atom. The minimum absolute atomic E-state index is 0.0773. The van der Waals surface area contributed by atoms with Crippen LogP contribution in [0.2, 0.25) is 0 Å². The van der Waals surface area contributed by atoms with Gasteiger partial charge in [0.25, 0.3) is 0 Å². The summed E-state index contributed by atoms with van der Waals surface area (Å²) in [6.45, 7) is 7.21. The quantitative estimate of drug-likeness (QED) is 0.420. The number of terminal acetylenes is 1. The molecule has 0 bridgehead atoms. The van der Waals surface area contributed by atoms with Crippen molar-refractivity contribution in [2.45, 2.75) is 45.7 Å². The normalized spacial score (nSPS) is 12.1. The fourth-order valence-electron chi connectivity index (χ4n) is 2.24. The van der Waals surface area contributed by atoms with E-state index < -0.39 is 0 Å². The van der Waals surface area contributed by atoms with E-state index in [4.69, 9.17) is 6.42 Å².